The molecule has 1 aromatic heterocycles. The molecule has 0 fully saturated rings. The van der Waals surface area contributed by atoms with E-state index in [1.807, 2.05) is 0 Å². The zero-order valence-corrected chi connectivity index (χ0v) is 11.6. The minimum atomic E-state index is 0.114. The number of nitrogens with zero attached hydrogens (tertiary/aromatic N) is 3. The van der Waals surface area contributed by atoms with Crippen molar-refractivity contribution in [3.63, 3.8) is 0 Å². The van der Waals surface area contributed by atoms with Crippen LogP contribution in [0, 0.1) is 0 Å². The van der Waals surface area contributed by atoms with Crippen molar-refractivity contribution >= 4 is 15.9 Å². The highest BCUT2D eigenvalue weighted by Gasteiger charge is 2.26. The molecule has 0 aliphatic carbocycles. The van der Waals surface area contributed by atoms with E-state index in [2.05, 4.69) is 58.4 Å². The van der Waals surface area contributed by atoms with E-state index in [4.69, 9.17) is 0 Å². The summed E-state index contributed by atoms with van der Waals surface area (Å²) < 4.78 is 2.25. The number of halogens is 1. The van der Waals surface area contributed by atoms with Crippen molar-refractivity contribution in [2.24, 2.45) is 0 Å². The van der Waals surface area contributed by atoms with E-state index in [1.54, 1.807) is 0 Å². The van der Waals surface area contributed by atoms with Gasteiger partial charge in [-0.05, 0) is 12.8 Å². The van der Waals surface area contributed by atoms with Crippen LogP contribution in [0.5, 0.6) is 0 Å². The predicted molar refractivity (Wildman–Crippen MR) is 66.3 cm³/mol. The fraction of sp³-hybridized carbons (Fsp3) is 0.818. The average Bonchev–Trinajstić information content (AvgIpc) is 2.62. The lowest BCUT2D eigenvalue weighted by Gasteiger charge is -2.22. The fourth-order valence-electron chi connectivity index (χ4n) is 1.55. The standard InChI is InChI=1S/C11H20BrN3/c1-5-7-15-9(8-12)13-14-10(15)11(3,4)6-2/h5-8H2,1-4H3. The maximum Gasteiger partial charge on any atom is 0.143 e. The SMILES string of the molecule is CCCn1c(CBr)nnc1C(C)(C)CC. The van der Waals surface area contributed by atoms with Gasteiger partial charge in [-0.2, -0.15) is 0 Å². The molecular weight excluding hydrogens is 254 g/mol. The van der Waals surface area contributed by atoms with Gasteiger partial charge in [0, 0.05) is 12.0 Å². The summed E-state index contributed by atoms with van der Waals surface area (Å²) in [5.74, 6) is 2.15. The van der Waals surface area contributed by atoms with Gasteiger partial charge >= 0.3 is 0 Å². The summed E-state index contributed by atoms with van der Waals surface area (Å²) in [6, 6.07) is 0. The average molecular weight is 274 g/mol. The molecule has 0 saturated carbocycles. The molecule has 86 valence electrons. The molecule has 0 spiro atoms. The number of hydrogen-bond acceptors (Lipinski definition) is 2. The van der Waals surface area contributed by atoms with Gasteiger partial charge in [-0.3, -0.25) is 0 Å². The summed E-state index contributed by atoms with van der Waals surface area (Å²) >= 11 is 3.46. The second kappa shape index (κ2) is 5.10. The number of alkyl halides is 1. The molecule has 4 heteroatoms. The van der Waals surface area contributed by atoms with Crippen LogP contribution in [-0.2, 0) is 17.3 Å². The highest BCUT2D eigenvalue weighted by molar-refractivity contribution is 9.08. The van der Waals surface area contributed by atoms with Gasteiger partial charge < -0.3 is 4.57 Å². The molecule has 0 saturated heterocycles. The monoisotopic (exact) mass is 273 g/mol. The highest BCUT2D eigenvalue weighted by Crippen LogP contribution is 2.26. The molecule has 3 nitrogen and oxygen atoms in total. The van der Waals surface area contributed by atoms with E-state index in [0.717, 1.165) is 36.4 Å². The third-order valence-corrected chi connectivity index (χ3v) is 3.38. The summed E-state index contributed by atoms with van der Waals surface area (Å²) in [7, 11) is 0. The predicted octanol–water partition coefficient (Wildman–Crippen LogP) is 3.27. The van der Waals surface area contributed by atoms with Crippen molar-refractivity contribution in [3.05, 3.63) is 11.6 Å². The molecule has 1 rings (SSSR count). The number of aromatic nitrogens is 3. The molecule has 1 heterocycles. The Balaban J connectivity index is 3.12. The Labute approximate surface area is 100 Å². The van der Waals surface area contributed by atoms with Crippen LogP contribution >= 0.6 is 15.9 Å². The first-order valence-electron chi connectivity index (χ1n) is 5.55. The second-order valence-electron chi connectivity index (χ2n) is 4.46. The van der Waals surface area contributed by atoms with Crippen LogP contribution in [0.15, 0.2) is 0 Å². The quantitative estimate of drug-likeness (QED) is 0.771. The Bertz CT molecular complexity index is 318. The minimum absolute atomic E-state index is 0.114. The van der Waals surface area contributed by atoms with Crippen molar-refractivity contribution in [2.45, 2.75) is 57.8 Å². The number of rotatable bonds is 5. The van der Waals surface area contributed by atoms with Gasteiger partial charge in [0.2, 0.25) is 0 Å². The molecule has 1 aromatic rings. The maximum absolute atomic E-state index is 4.33. The Kier molecular flexibility index (Phi) is 4.32. The first-order chi connectivity index (χ1) is 7.06. The lowest BCUT2D eigenvalue weighted by Crippen LogP contribution is -2.22. The van der Waals surface area contributed by atoms with Gasteiger partial charge in [0.25, 0.3) is 0 Å². The van der Waals surface area contributed by atoms with Crippen LogP contribution in [-0.4, -0.2) is 14.8 Å². The lowest BCUT2D eigenvalue weighted by molar-refractivity contribution is 0.438. The first kappa shape index (κ1) is 12.7. The summed E-state index contributed by atoms with van der Waals surface area (Å²) in [6.45, 7) is 9.83. The smallest absolute Gasteiger partial charge is 0.143 e. The van der Waals surface area contributed by atoms with Gasteiger partial charge in [0.05, 0.1) is 5.33 Å². The Hall–Kier alpha value is -0.380. The fourth-order valence-corrected chi connectivity index (χ4v) is 1.97. The summed E-state index contributed by atoms with van der Waals surface area (Å²) in [6.07, 6.45) is 2.20. The van der Waals surface area contributed by atoms with Gasteiger partial charge in [0.15, 0.2) is 0 Å². The lowest BCUT2D eigenvalue weighted by atomic mass is 9.89. The van der Waals surface area contributed by atoms with Crippen molar-refractivity contribution in [2.75, 3.05) is 0 Å². The Morgan fingerprint density at radius 3 is 2.40 bits per heavy atom. The highest BCUT2D eigenvalue weighted by atomic mass is 79.9. The van der Waals surface area contributed by atoms with Crippen molar-refractivity contribution in [1.82, 2.24) is 14.8 Å². The van der Waals surface area contributed by atoms with Crippen LogP contribution in [0.25, 0.3) is 0 Å². The van der Waals surface area contributed by atoms with Crippen LogP contribution in [0.2, 0.25) is 0 Å². The van der Waals surface area contributed by atoms with Crippen molar-refractivity contribution < 1.29 is 0 Å². The van der Waals surface area contributed by atoms with E-state index in [0.29, 0.717) is 0 Å². The molecule has 0 aromatic carbocycles. The molecule has 0 bridgehead atoms. The molecule has 0 aliphatic rings. The third-order valence-electron chi connectivity index (χ3n) is 2.88. The molecular formula is C11H20BrN3. The molecule has 0 unspecified atom stereocenters. The van der Waals surface area contributed by atoms with Crippen LogP contribution in [0.1, 0.15) is 52.2 Å². The van der Waals surface area contributed by atoms with Crippen molar-refractivity contribution in [1.29, 1.82) is 0 Å². The second-order valence-corrected chi connectivity index (χ2v) is 5.02. The normalized spacial score (nSPS) is 12.1. The zero-order chi connectivity index (χ0) is 11.5. The maximum atomic E-state index is 4.33. The van der Waals surface area contributed by atoms with E-state index in [9.17, 15) is 0 Å². The summed E-state index contributed by atoms with van der Waals surface area (Å²) in [4.78, 5) is 0. The Morgan fingerprint density at radius 1 is 1.27 bits per heavy atom. The topological polar surface area (TPSA) is 30.7 Å². The van der Waals surface area contributed by atoms with Crippen LogP contribution in [0.4, 0.5) is 0 Å². The Morgan fingerprint density at radius 2 is 1.93 bits per heavy atom. The van der Waals surface area contributed by atoms with Gasteiger partial charge in [-0.15, -0.1) is 10.2 Å². The van der Waals surface area contributed by atoms with Gasteiger partial charge in [-0.1, -0.05) is 43.6 Å². The van der Waals surface area contributed by atoms with Crippen LogP contribution in [0.3, 0.4) is 0 Å². The first-order valence-corrected chi connectivity index (χ1v) is 6.67. The zero-order valence-electron chi connectivity index (χ0n) is 10.0. The number of hydrogen-bond donors (Lipinski definition) is 0. The van der Waals surface area contributed by atoms with E-state index >= 15 is 0 Å². The van der Waals surface area contributed by atoms with Crippen molar-refractivity contribution in [3.8, 4) is 0 Å². The molecule has 0 atom stereocenters. The van der Waals surface area contributed by atoms with E-state index in [1.165, 1.54) is 0 Å². The largest absolute Gasteiger partial charge is 0.314 e. The molecule has 0 N–H and O–H groups in total. The third kappa shape index (κ3) is 2.60. The molecule has 15 heavy (non-hydrogen) atoms. The molecule has 0 amide bonds. The van der Waals surface area contributed by atoms with Gasteiger partial charge in [0.1, 0.15) is 11.6 Å². The summed E-state index contributed by atoms with van der Waals surface area (Å²) in [5, 5.41) is 9.34. The minimum Gasteiger partial charge on any atom is -0.314 e. The molecule has 0 radical (unpaired) electrons. The molecule has 0 aliphatic heterocycles. The van der Waals surface area contributed by atoms with E-state index in [-0.39, 0.29) is 5.41 Å². The van der Waals surface area contributed by atoms with E-state index < -0.39 is 0 Å². The van der Waals surface area contributed by atoms with Crippen LogP contribution < -0.4 is 0 Å². The van der Waals surface area contributed by atoms with Gasteiger partial charge in [-0.25, -0.2) is 0 Å². The summed E-state index contributed by atoms with van der Waals surface area (Å²) in [5.41, 5.74) is 0.114.